The Morgan fingerprint density at radius 3 is 1.60 bits per heavy atom. The zero-order valence-electron chi connectivity index (χ0n) is 5.02. The molecule has 0 aliphatic carbocycles. The van der Waals surface area contributed by atoms with Gasteiger partial charge >= 0.3 is 0 Å². The zero-order valence-corrected chi connectivity index (χ0v) is 5.02. The fourth-order valence-electron chi connectivity index (χ4n) is 0.210. The van der Waals surface area contributed by atoms with Gasteiger partial charge in [0.25, 0.3) is 0 Å². The van der Waals surface area contributed by atoms with Crippen LogP contribution in [0.15, 0.2) is 20.2 Å². The third-order valence-electron chi connectivity index (χ3n) is 0.497. The highest BCUT2D eigenvalue weighted by Crippen LogP contribution is 1.75. The molecule has 0 radical (unpaired) electrons. The number of hydrogen-bond donors (Lipinski definition) is 0. The van der Waals surface area contributed by atoms with E-state index in [1.54, 1.807) is 0 Å². The quantitative estimate of drug-likeness (QED) is 0.313. The lowest BCUT2D eigenvalue weighted by atomic mass is 11.1. The van der Waals surface area contributed by atoms with Crippen LogP contribution in [0.4, 0.5) is 0 Å². The van der Waals surface area contributed by atoms with E-state index in [9.17, 15) is 9.59 Å². The van der Waals surface area contributed by atoms with Gasteiger partial charge in [-0.3, -0.25) is 0 Å². The van der Waals surface area contributed by atoms with E-state index in [2.05, 4.69) is 20.2 Å². The Morgan fingerprint density at radius 2 is 1.30 bits per heavy atom. The first-order valence-electron chi connectivity index (χ1n) is 2.32. The molecule has 0 aromatic carbocycles. The first-order valence-corrected chi connectivity index (χ1v) is 2.32. The second-order valence-electron chi connectivity index (χ2n) is 1.06. The van der Waals surface area contributed by atoms with Crippen LogP contribution in [-0.4, -0.2) is 25.5 Å². The smallest absolute Gasteiger partial charge is 0.211 e. The summed E-state index contributed by atoms with van der Waals surface area (Å²) >= 11 is 0. The van der Waals surface area contributed by atoms with Gasteiger partial charge in [-0.05, 0) is 0 Å². The van der Waals surface area contributed by atoms with E-state index in [1.165, 1.54) is 12.2 Å². The van der Waals surface area contributed by atoms with Gasteiger partial charge < -0.3 is 0 Å². The molecule has 6 nitrogen and oxygen atoms in total. The molecule has 0 aromatic rings. The van der Waals surface area contributed by atoms with E-state index in [0.29, 0.717) is 0 Å². The second-order valence-corrected chi connectivity index (χ2v) is 1.06. The van der Waals surface area contributed by atoms with E-state index in [0.717, 1.165) is 0 Å². The van der Waals surface area contributed by atoms with Crippen LogP contribution in [0, 0.1) is 0 Å². The van der Waals surface area contributed by atoms with Crippen molar-refractivity contribution in [3.05, 3.63) is 0 Å². The lowest BCUT2D eigenvalue weighted by molar-refractivity contribution is 0.561. The maximum absolute atomic E-state index is 9.41. The van der Waals surface area contributed by atoms with Gasteiger partial charge in [0.2, 0.25) is 12.2 Å². The van der Waals surface area contributed by atoms with E-state index in [1.807, 2.05) is 0 Å². The van der Waals surface area contributed by atoms with Crippen LogP contribution < -0.4 is 0 Å². The predicted octanol–water partition coefficient (Wildman–Crippen LogP) is 0.0252. The standard InChI is InChI=1S/C4H4N4O2/c9-3-5-1-7-8-2-6-4-10/h1-2H2. The van der Waals surface area contributed by atoms with Gasteiger partial charge in [0, 0.05) is 0 Å². The van der Waals surface area contributed by atoms with Crippen LogP contribution in [0.1, 0.15) is 0 Å². The van der Waals surface area contributed by atoms with Gasteiger partial charge in [0.1, 0.15) is 0 Å². The summed E-state index contributed by atoms with van der Waals surface area (Å²) < 4.78 is 0. The van der Waals surface area contributed by atoms with E-state index in [4.69, 9.17) is 0 Å². The molecular formula is C4H4N4O2. The molecule has 6 heteroatoms. The molecule has 0 rings (SSSR count). The molecule has 0 unspecified atom stereocenters. The van der Waals surface area contributed by atoms with Crippen LogP contribution >= 0.6 is 0 Å². The Labute approximate surface area is 56.4 Å². The number of isocyanates is 2. The number of nitrogens with zero attached hydrogens (tertiary/aromatic N) is 4. The van der Waals surface area contributed by atoms with Crippen molar-refractivity contribution in [3.63, 3.8) is 0 Å². The molecule has 0 aliphatic heterocycles. The minimum Gasteiger partial charge on any atom is -0.211 e. The van der Waals surface area contributed by atoms with Gasteiger partial charge in [0.05, 0.1) is 0 Å². The number of carbonyl (C=O) groups excluding carboxylic acids is 2. The third-order valence-corrected chi connectivity index (χ3v) is 0.497. The molecule has 0 aliphatic rings. The van der Waals surface area contributed by atoms with Gasteiger partial charge in [0.15, 0.2) is 13.3 Å². The first kappa shape index (κ1) is 8.36. The predicted molar refractivity (Wildman–Crippen MR) is 30.8 cm³/mol. The van der Waals surface area contributed by atoms with Crippen molar-refractivity contribution in [2.75, 3.05) is 13.3 Å². The molecule has 0 bridgehead atoms. The van der Waals surface area contributed by atoms with Crippen LogP contribution in [0.3, 0.4) is 0 Å². The number of azo groups is 1. The number of aliphatic imine (C=N–C) groups is 2. The first-order chi connectivity index (χ1) is 4.91. The topological polar surface area (TPSA) is 83.6 Å². The summed E-state index contributed by atoms with van der Waals surface area (Å²) in [4.78, 5) is 25.0. The van der Waals surface area contributed by atoms with Gasteiger partial charge in [-0.1, -0.05) is 0 Å². The molecule has 0 atom stereocenters. The Kier molecular flexibility index (Phi) is 6.15. The molecule has 0 saturated heterocycles. The van der Waals surface area contributed by atoms with Gasteiger partial charge in [-0.25, -0.2) is 9.59 Å². The van der Waals surface area contributed by atoms with Crippen molar-refractivity contribution in [1.29, 1.82) is 0 Å². The Balaban J connectivity index is 3.37. The summed E-state index contributed by atoms with van der Waals surface area (Å²) in [6, 6.07) is 0. The Morgan fingerprint density at radius 1 is 0.900 bits per heavy atom. The molecule has 0 spiro atoms. The number of hydrogen-bond acceptors (Lipinski definition) is 6. The normalized spacial score (nSPS) is 8.40. The third kappa shape index (κ3) is 6.36. The summed E-state index contributed by atoms with van der Waals surface area (Å²) in [5, 5.41) is 6.64. The van der Waals surface area contributed by atoms with Crippen LogP contribution in [0.2, 0.25) is 0 Å². The van der Waals surface area contributed by atoms with Crippen molar-refractivity contribution in [2.45, 2.75) is 0 Å². The zero-order chi connectivity index (χ0) is 7.66. The monoisotopic (exact) mass is 140 g/mol. The summed E-state index contributed by atoms with van der Waals surface area (Å²) in [7, 11) is 0. The molecular weight excluding hydrogens is 136 g/mol. The number of rotatable bonds is 4. The van der Waals surface area contributed by atoms with Crippen LogP contribution in [0.25, 0.3) is 0 Å². The Hall–Kier alpha value is -1.64. The largest absolute Gasteiger partial charge is 0.236 e. The van der Waals surface area contributed by atoms with E-state index < -0.39 is 0 Å². The fraction of sp³-hybridized carbons (Fsp3) is 0.500. The highest BCUT2D eigenvalue weighted by Gasteiger charge is 1.71. The maximum atomic E-state index is 9.41. The van der Waals surface area contributed by atoms with Crippen molar-refractivity contribution in [2.24, 2.45) is 20.2 Å². The molecule has 0 fully saturated rings. The van der Waals surface area contributed by atoms with Crippen LogP contribution in [-0.2, 0) is 9.59 Å². The van der Waals surface area contributed by atoms with Crippen molar-refractivity contribution in [3.8, 4) is 0 Å². The molecule has 52 valence electrons. The molecule has 0 saturated carbocycles. The fourth-order valence-corrected chi connectivity index (χ4v) is 0.210. The summed E-state index contributed by atoms with van der Waals surface area (Å²) in [6.45, 7) is -0.143. The highest BCUT2D eigenvalue weighted by atomic mass is 16.1. The molecule has 0 aromatic heterocycles. The summed E-state index contributed by atoms with van der Waals surface area (Å²) in [6.07, 6.45) is 2.54. The Bertz CT molecular complexity index is 177. The van der Waals surface area contributed by atoms with Crippen molar-refractivity contribution in [1.82, 2.24) is 0 Å². The maximum Gasteiger partial charge on any atom is 0.236 e. The minimum absolute atomic E-state index is 0.0716. The van der Waals surface area contributed by atoms with Gasteiger partial charge in [-0.15, -0.1) is 0 Å². The van der Waals surface area contributed by atoms with Gasteiger partial charge in [-0.2, -0.15) is 20.2 Å². The highest BCUT2D eigenvalue weighted by molar-refractivity contribution is 5.32. The van der Waals surface area contributed by atoms with Crippen molar-refractivity contribution >= 4 is 12.2 Å². The van der Waals surface area contributed by atoms with E-state index in [-0.39, 0.29) is 13.3 Å². The molecule has 0 heterocycles. The molecule has 0 amide bonds. The van der Waals surface area contributed by atoms with Crippen molar-refractivity contribution < 1.29 is 9.59 Å². The summed E-state index contributed by atoms with van der Waals surface area (Å²) in [5.74, 6) is 0. The van der Waals surface area contributed by atoms with E-state index >= 15 is 0 Å². The lowest BCUT2D eigenvalue weighted by Crippen LogP contribution is -1.72. The lowest BCUT2D eigenvalue weighted by Gasteiger charge is -1.76. The molecule has 10 heavy (non-hydrogen) atoms. The van der Waals surface area contributed by atoms with Crippen LogP contribution in [0.5, 0.6) is 0 Å². The average molecular weight is 140 g/mol. The molecule has 0 N–H and O–H groups in total. The minimum atomic E-state index is -0.0716. The SMILES string of the molecule is O=C=NCN=NCN=C=O. The summed E-state index contributed by atoms with van der Waals surface area (Å²) in [5.41, 5.74) is 0. The average Bonchev–Trinajstić information content (AvgIpc) is 1.97. The second kappa shape index (κ2) is 7.36.